The van der Waals surface area contributed by atoms with Crippen molar-refractivity contribution < 1.29 is 9.90 Å². The van der Waals surface area contributed by atoms with Crippen molar-refractivity contribution in [1.29, 1.82) is 5.26 Å². The molecule has 0 spiro atoms. The number of hydrogen-bond acceptors (Lipinski definition) is 6. The maximum Gasteiger partial charge on any atom is 0.273 e. The molecule has 4 aromatic rings. The third kappa shape index (κ3) is 4.40. The summed E-state index contributed by atoms with van der Waals surface area (Å²) >= 11 is 12.3. The molecule has 0 aliphatic heterocycles. The molecule has 10 heteroatoms. The van der Waals surface area contributed by atoms with Crippen molar-refractivity contribution in [1.82, 2.24) is 24.6 Å². The molecule has 0 aliphatic rings. The van der Waals surface area contributed by atoms with Gasteiger partial charge >= 0.3 is 0 Å². The van der Waals surface area contributed by atoms with Crippen LogP contribution in [0.3, 0.4) is 0 Å². The van der Waals surface area contributed by atoms with E-state index in [1.165, 1.54) is 9.58 Å². The number of aromatic hydroxyl groups is 1. The highest BCUT2D eigenvalue weighted by Gasteiger charge is 2.24. The Morgan fingerprint density at radius 1 is 1.21 bits per heavy atom. The molecule has 1 atom stereocenters. The van der Waals surface area contributed by atoms with E-state index in [0.717, 1.165) is 0 Å². The lowest BCUT2D eigenvalue weighted by atomic mass is 10.1. The number of benzene rings is 2. The van der Waals surface area contributed by atoms with Crippen LogP contribution in [0.4, 0.5) is 0 Å². The molecule has 1 amide bonds. The molecule has 0 radical (unpaired) electrons. The van der Waals surface area contributed by atoms with Gasteiger partial charge in [-0.3, -0.25) is 4.79 Å². The van der Waals surface area contributed by atoms with Crippen LogP contribution in [-0.2, 0) is 6.54 Å². The van der Waals surface area contributed by atoms with Gasteiger partial charge in [0, 0.05) is 28.0 Å². The number of halogens is 2. The van der Waals surface area contributed by atoms with Crippen LogP contribution in [0.25, 0.3) is 22.3 Å². The molecule has 1 unspecified atom stereocenters. The van der Waals surface area contributed by atoms with Crippen LogP contribution in [-0.4, -0.2) is 42.7 Å². The van der Waals surface area contributed by atoms with Crippen molar-refractivity contribution in [3.05, 3.63) is 69.5 Å². The Morgan fingerprint density at radius 2 is 1.94 bits per heavy atom. The Morgan fingerprint density at radius 3 is 2.65 bits per heavy atom. The number of nitriles is 1. The number of amides is 1. The topological polar surface area (TPSA) is 108 Å². The van der Waals surface area contributed by atoms with Gasteiger partial charge in [-0.1, -0.05) is 35.3 Å². The number of carbonyl (C=O) groups is 1. The predicted molar refractivity (Wildman–Crippen MR) is 130 cm³/mol. The summed E-state index contributed by atoms with van der Waals surface area (Å²) in [6.07, 6.45) is 0. The Hall–Kier alpha value is -3.67. The maximum atomic E-state index is 13.5. The second kappa shape index (κ2) is 9.29. The third-order valence-corrected chi connectivity index (χ3v) is 5.89. The fourth-order valence-corrected chi connectivity index (χ4v) is 3.95. The fraction of sp³-hybridized carbons (Fsp3) is 0.208. The summed E-state index contributed by atoms with van der Waals surface area (Å²) < 4.78 is 1.24. The molecule has 1 N–H and O–H groups in total. The van der Waals surface area contributed by atoms with Crippen molar-refractivity contribution in [3.63, 3.8) is 0 Å². The molecule has 0 aliphatic carbocycles. The molecule has 2 aromatic heterocycles. The van der Waals surface area contributed by atoms with Gasteiger partial charge in [0.15, 0.2) is 5.82 Å². The van der Waals surface area contributed by atoms with Crippen LogP contribution in [0.1, 0.15) is 34.7 Å². The highest BCUT2D eigenvalue weighted by atomic mass is 35.5. The van der Waals surface area contributed by atoms with Gasteiger partial charge in [-0.25, -0.2) is 14.6 Å². The quantitative estimate of drug-likeness (QED) is 0.409. The zero-order valence-electron chi connectivity index (χ0n) is 18.6. The maximum absolute atomic E-state index is 13.5. The lowest BCUT2D eigenvalue weighted by Gasteiger charge is -2.18. The van der Waals surface area contributed by atoms with Crippen LogP contribution >= 0.6 is 23.2 Å². The number of aryl methyl sites for hydroxylation is 1. The van der Waals surface area contributed by atoms with Crippen LogP contribution in [0, 0.1) is 18.3 Å². The molecule has 8 nitrogen and oxygen atoms in total. The van der Waals surface area contributed by atoms with Gasteiger partial charge < -0.3 is 10.0 Å². The molecule has 172 valence electrons. The first kappa shape index (κ1) is 23.5. The van der Waals surface area contributed by atoms with Crippen molar-refractivity contribution in [2.75, 3.05) is 7.05 Å². The van der Waals surface area contributed by atoms with E-state index in [1.807, 2.05) is 12.1 Å². The largest absolute Gasteiger partial charge is 0.493 e. The Kier molecular flexibility index (Phi) is 6.42. The minimum absolute atomic E-state index is 0.0627. The zero-order chi connectivity index (χ0) is 24.6. The zero-order valence-corrected chi connectivity index (χ0v) is 20.1. The first-order valence-electron chi connectivity index (χ1n) is 10.3. The van der Waals surface area contributed by atoms with E-state index in [4.69, 9.17) is 23.2 Å². The van der Waals surface area contributed by atoms with Gasteiger partial charge in [0.05, 0.1) is 29.4 Å². The van der Waals surface area contributed by atoms with Crippen molar-refractivity contribution >= 4 is 40.0 Å². The predicted octanol–water partition coefficient (Wildman–Crippen LogP) is 5.17. The molecule has 0 bridgehead atoms. The van der Waals surface area contributed by atoms with Crippen LogP contribution < -0.4 is 0 Å². The van der Waals surface area contributed by atoms with Crippen molar-refractivity contribution in [2.45, 2.75) is 26.4 Å². The van der Waals surface area contributed by atoms with Gasteiger partial charge in [-0.05, 0) is 44.2 Å². The molecule has 0 saturated heterocycles. The molecule has 34 heavy (non-hydrogen) atoms. The fourth-order valence-electron chi connectivity index (χ4n) is 3.59. The average Bonchev–Trinajstić information content (AvgIpc) is 3.10. The summed E-state index contributed by atoms with van der Waals surface area (Å²) in [6.45, 7) is 3.40. The van der Waals surface area contributed by atoms with E-state index in [2.05, 4.69) is 15.1 Å². The van der Waals surface area contributed by atoms with Gasteiger partial charge in [-0.2, -0.15) is 10.4 Å². The summed E-state index contributed by atoms with van der Waals surface area (Å²) in [6, 6.07) is 13.5. The molecule has 0 fully saturated rings. The third-order valence-electron chi connectivity index (χ3n) is 5.42. The monoisotopic (exact) mass is 494 g/mol. The average molecular weight is 495 g/mol. The number of nitrogens with zero attached hydrogens (tertiary/aromatic N) is 6. The molecule has 4 rings (SSSR count). The highest BCUT2D eigenvalue weighted by molar-refractivity contribution is 6.31. The number of aromatic nitrogens is 4. The highest BCUT2D eigenvalue weighted by Crippen LogP contribution is 2.29. The SMILES string of the molecule is Cc1nn(C(C)C#N)c(O)c1CN(C)C(=O)c1nc(-c2cccc(Cl)c2)nc2ccc(Cl)cc12. The van der Waals surface area contributed by atoms with E-state index < -0.39 is 11.9 Å². The number of fused-ring (bicyclic) bond motifs is 1. The second-order valence-electron chi connectivity index (χ2n) is 7.87. The van der Waals surface area contributed by atoms with Crippen LogP contribution in [0.15, 0.2) is 42.5 Å². The lowest BCUT2D eigenvalue weighted by molar-refractivity contribution is 0.0780. The van der Waals surface area contributed by atoms with Gasteiger partial charge in [0.25, 0.3) is 5.91 Å². The molecule has 0 saturated carbocycles. The van der Waals surface area contributed by atoms with E-state index in [9.17, 15) is 15.2 Å². The molecule has 2 heterocycles. The first-order valence-corrected chi connectivity index (χ1v) is 11.1. The second-order valence-corrected chi connectivity index (χ2v) is 8.74. The van der Waals surface area contributed by atoms with Gasteiger partial charge in [-0.15, -0.1) is 0 Å². The van der Waals surface area contributed by atoms with Crippen LogP contribution in [0.5, 0.6) is 5.88 Å². The number of carbonyl (C=O) groups excluding carboxylic acids is 1. The minimum Gasteiger partial charge on any atom is -0.493 e. The van der Waals surface area contributed by atoms with E-state index in [1.54, 1.807) is 57.3 Å². The Bertz CT molecular complexity index is 1460. The van der Waals surface area contributed by atoms with Gasteiger partial charge in [0.2, 0.25) is 5.88 Å². The standard InChI is InChI=1S/C24H20Cl2N6O2/c1-13(11-27)32-23(33)19(14(2)30-32)12-31(3)24(34)21-18-10-17(26)7-8-20(18)28-22(29-21)15-5-4-6-16(25)9-15/h4-10,13,33H,12H2,1-3H3. The minimum atomic E-state index is -0.651. The number of hydrogen-bond donors (Lipinski definition) is 1. The molecular weight excluding hydrogens is 475 g/mol. The Labute approximate surface area is 206 Å². The van der Waals surface area contributed by atoms with Crippen molar-refractivity contribution in [3.8, 4) is 23.3 Å². The smallest absolute Gasteiger partial charge is 0.273 e. The molecular formula is C24H20Cl2N6O2. The summed E-state index contributed by atoms with van der Waals surface area (Å²) in [4.78, 5) is 24.1. The summed E-state index contributed by atoms with van der Waals surface area (Å²) in [5.41, 5.74) is 2.36. The molecule has 2 aromatic carbocycles. The van der Waals surface area contributed by atoms with E-state index in [-0.39, 0.29) is 18.1 Å². The van der Waals surface area contributed by atoms with Crippen LogP contribution in [0.2, 0.25) is 10.0 Å². The first-order chi connectivity index (χ1) is 16.2. The summed E-state index contributed by atoms with van der Waals surface area (Å²) in [5.74, 6) is -0.192. The van der Waals surface area contributed by atoms with Crippen molar-refractivity contribution in [2.24, 2.45) is 0 Å². The summed E-state index contributed by atoms with van der Waals surface area (Å²) in [5, 5.41) is 25.5. The Balaban J connectivity index is 1.77. The normalized spacial score (nSPS) is 11.9. The number of rotatable bonds is 5. The van der Waals surface area contributed by atoms with E-state index >= 15 is 0 Å². The van der Waals surface area contributed by atoms with Gasteiger partial charge in [0.1, 0.15) is 11.7 Å². The summed E-state index contributed by atoms with van der Waals surface area (Å²) in [7, 11) is 1.60. The van der Waals surface area contributed by atoms with E-state index in [0.29, 0.717) is 43.6 Å². The lowest BCUT2D eigenvalue weighted by Crippen LogP contribution is -2.27.